The summed E-state index contributed by atoms with van der Waals surface area (Å²) in [5.41, 5.74) is 1.56. The Labute approximate surface area is 148 Å². The fourth-order valence-corrected chi connectivity index (χ4v) is 2.97. The van der Waals surface area contributed by atoms with Crippen LogP contribution in [0.2, 0.25) is 25.7 Å². The molecule has 0 fully saturated rings. The van der Waals surface area contributed by atoms with Gasteiger partial charge in [0.25, 0.3) is 0 Å². The average Bonchev–Trinajstić information content (AvgIpc) is 3.03. The van der Waals surface area contributed by atoms with Crippen LogP contribution >= 0.6 is 0 Å². The highest BCUT2D eigenvalue weighted by molar-refractivity contribution is 6.76. The van der Waals surface area contributed by atoms with Crippen molar-refractivity contribution in [2.75, 3.05) is 20.4 Å². The van der Waals surface area contributed by atoms with Crippen LogP contribution in [-0.4, -0.2) is 54.7 Å². The predicted molar refractivity (Wildman–Crippen MR) is 99.1 cm³/mol. The van der Waals surface area contributed by atoms with Gasteiger partial charge in [-0.3, -0.25) is 5.21 Å². The molecule has 2 heterocycles. The quantitative estimate of drug-likeness (QED) is 0.246. The van der Waals surface area contributed by atoms with Crippen molar-refractivity contribution in [2.24, 2.45) is 0 Å². The van der Waals surface area contributed by atoms with Gasteiger partial charge >= 0.3 is 5.97 Å². The molecule has 8 heteroatoms. The lowest BCUT2D eigenvalue weighted by atomic mass is 10.1. The van der Waals surface area contributed by atoms with Crippen LogP contribution in [0.15, 0.2) is 24.7 Å². The zero-order valence-corrected chi connectivity index (χ0v) is 16.1. The van der Waals surface area contributed by atoms with Crippen molar-refractivity contribution >= 4 is 31.0 Å². The Morgan fingerprint density at radius 3 is 2.88 bits per heavy atom. The lowest BCUT2D eigenvalue weighted by Crippen LogP contribution is -2.24. The SMILES string of the molecule is COC(=O)c1ncc2[nH]ccc2c1C=CN(O)COCC[Si](C)(C)C. The first-order valence-corrected chi connectivity index (χ1v) is 11.8. The van der Waals surface area contributed by atoms with Gasteiger partial charge in [-0.2, -0.15) is 0 Å². The normalized spacial score (nSPS) is 12.0. The van der Waals surface area contributed by atoms with Gasteiger partial charge in [0.05, 0.1) is 18.8 Å². The van der Waals surface area contributed by atoms with Gasteiger partial charge in [-0.15, -0.1) is 0 Å². The van der Waals surface area contributed by atoms with E-state index in [0.29, 0.717) is 12.2 Å². The second kappa shape index (κ2) is 8.28. The fraction of sp³-hybridized carbons (Fsp3) is 0.412. The number of ether oxygens (including phenoxy) is 2. The zero-order chi connectivity index (χ0) is 18.4. The van der Waals surface area contributed by atoms with Crippen molar-refractivity contribution in [1.82, 2.24) is 15.0 Å². The van der Waals surface area contributed by atoms with E-state index in [-0.39, 0.29) is 12.4 Å². The number of fused-ring (bicyclic) bond motifs is 1. The minimum Gasteiger partial charge on any atom is -0.464 e. The molecule has 7 nitrogen and oxygen atoms in total. The maximum absolute atomic E-state index is 11.9. The number of rotatable bonds is 8. The summed E-state index contributed by atoms with van der Waals surface area (Å²) in [6, 6.07) is 2.87. The first kappa shape index (κ1) is 19.2. The highest BCUT2D eigenvalue weighted by Gasteiger charge is 2.16. The highest BCUT2D eigenvalue weighted by Crippen LogP contribution is 2.22. The van der Waals surface area contributed by atoms with Gasteiger partial charge in [-0.05, 0) is 18.2 Å². The number of hydrogen-bond donors (Lipinski definition) is 2. The van der Waals surface area contributed by atoms with Crippen LogP contribution in [0.3, 0.4) is 0 Å². The Kier molecular flexibility index (Phi) is 6.35. The minimum atomic E-state index is -1.15. The first-order chi connectivity index (χ1) is 11.8. The molecule has 0 aliphatic carbocycles. The Morgan fingerprint density at radius 2 is 2.20 bits per heavy atom. The van der Waals surface area contributed by atoms with Gasteiger partial charge in [0.1, 0.15) is 6.73 Å². The molecule has 2 rings (SSSR count). The van der Waals surface area contributed by atoms with Crippen LogP contribution in [0.25, 0.3) is 17.0 Å². The van der Waals surface area contributed by atoms with Gasteiger partial charge in [0.2, 0.25) is 0 Å². The third-order valence-electron chi connectivity index (χ3n) is 3.66. The number of aromatic amines is 1. The molecule has 0 amide bonds. The molecular weight excluding hydrogens is 338 g/mol. The molecule has 136 valence electrons. The number of nitrogens with zero attached hydrogens (tertiary/aromatic N) is 2. The zero-order valence-electron chi connectivity index (χ0n) is 15.1. The number of pyridine rings is 1. The predicted octanol–water partition coefficient (Wildman–Crippen LogP) is 3.32. The van der Waals surface area contributed by atoms with Gasteiger partial charge in [0.15, 0.2) is 5.69 Å². The van der Waals surface area contributed by atoms with Crippen molar-refractivity contribution in [3.63, 3.8) is 0 Å². The van der Waals surface area contributed by atoms with Crippen LogP contribution < -0.4 is 0 Å². The number of aromatic nitrogens is 2. The Balaban J connectivity index is 2.08. The topological polar surface area (TPSA) is 87.7 Å². The van der Waals surface area contributed by atoms with Crippen LogP contribution in [0.5, 0.6) is 0 Å². The molecule has 0 aliphatic heterocycles. The van der Waals surface area contributed by atoms with Crippen molar-refractivity contribution in [3.05, 3.63) is 35.9 Å². The van der Waals surface area contributed by atoms with Crippen LogP contribution in [0.4, 0.5) is 0 Å². The molecule has 0 aromatic carbocycles. The number of hydroxylamine groups is 2. The number of H-pyrrole nitrogens is 1. The Morgan fingerprint density at radius 1 is 1.44 bits per heavy atom. The molecule has 0 spiro atoms. The summed E-state index contributed by atoms with van der Waals surface area (Å²) >= 11 is 0. The van der Waals surface area contributed by atoms with E-state index < -0.39 is 14.0 Å². The molecule has 2 aromatic rings. The lowest BCUT2D eigenvalue weighted by molar-refractivity contribution is -0.119. The van der Waals surface area contributed by atoms with Crippen LogP contribution in [-0.2, 0) is 9.47 Å². The van der Waals surface area contributed by atoms with Crippen molar-refractivity contribution < 1.29 is 19.5 Å². The van der Waals surface area contributed by atoms with Gasteiger partial charge in [-0.25, -0.2) is 14.8 Å². The Bertz CT molecular complexity index is 752. The second-order valence-corrected chi connectivity index (χ2v) is 12.5. The first-order valence-electron chi connectivity index (χ1n) is 8.07. The average molecular weight is 363 g/mol. The van der Waals surface area contributed by atoms with Crippen molar-refractivity contribution in [3.8, 4) is 0 Å². The second-order valence-electron chi connectivity index (χ2n) is 6.92. The van der Waals surface area contributed by atoms with Gasteiger partial charge in [0, 0.05) is 38.0 Å². The standard InChI is InChI=1S/C17H25N3O4Si/c1-23-17(21)16-14(13-5-7-18-15(13)11-19-16)6-8-20(22)12-24-9-10-25(2,3)4/h5-8,11,18,22H,9-10,12H2,1-4H3. The monoisotopic (exact) mass is 363 g/mol. The summed E-state index contributed by atoms with van der Waals surface area (Å²) in [7, 11) is 0.155. The Hall–Kier alpha value is -2.16. The maximum atomic E-state index is 11.9. The van der Waals surface area contributed by atoms with E-state index in [1.165, 1.54) is 13.3 Å². The smallest absolute Gasteiger partial charge is 0.357 e. The van der Waals surface area contributed by atoms with Crippen molar-refractivity contribution in [1.29, 1.82) is 0 Å². The summed E-state index contributed by atoms with van der Waals surface area (Å²) in [4.78, 5) is 19.1. The minimum absolute atomic E-state index is 0.0606. The third kappa shape index (κ3) is 5.41. The van der Waals surface area contributed by atoms with E-state index in [9.17, 15) is 10.0 Å². The molecule has 0 radical (unpaired) electrons. The van der Waals surface area contributed by atoms with E-state index in [1.54, 1.807) is 18.5 Å². The van der Waals surface area contributed by atoms with Gasteiger partial charge in [-0.1, -0.05) is 19.6 Å². The van der Waals surface area contributed by atoms with E-state index in [1.807, 2.05) is 6.07 Å². The lowest BCUT2D eigenvalue weighted by Gasteiger charge is -2.17. The van der Waals surface area contributed by atoms with E-state index in [2.05, 4.69) is 29.6 Å². The number of nitrogens with one attached hydrogen (secondary N) is 1. The van der Waals surface area contributed by atoms with Crippen LogP contribution in [0, 0.1) is 0 Å². The number of carbonyl (C=O) groups is 1. The summed E-state index contributed by atoms with van der Waals surface area (Å²) < 4.78 is 10.3. The number of hydrogen-bond acceptors (Lipinski definition) is 6. The summed E-state index contributed by atoms with van der Waals surface area (Å²) in [5.74, 6) is -0.529. The third-order valence-corrected chi connectivity index (χ3v) is 5.36. The summed E-state index contributed by atoms with van der Waals surface area (Å²) in [6.45, 7) is 7.48. The number of carbonyl (C=O) groups excluding carboxylic acids is 1. The summed E-state index contributed by atoms with van der Waals surface area (Å²) in [5, 5.41) is 11.7. The molecule has 25 heavy (non-hydrogen) atoms. The molecule has 2 N–H and O–H groups in total. The van der Waals surface area contributed by atoms with Crippen molar-refractivity contribution in [2.45, 2.75) is 25.7 Å². The van der Waals surface area contributed by atoms with Crippen LogP contribution in [0.1, 0.15) is 16.1 Å². The molecule has 0 aliphatic rings. The van der Waals surface area contributed by atoms with E-state index in [0.717, 1.165) is 22.0 Å². The number of esters is 1. The molecule has 0 saturated carbocycles. The molecule has 0 saturated heterocycles. The molecule has 0 atom stereocenters. The van der Waals surface area contributed by atoms with E-state index >= 15 is 0 Å². The molecule has 0 unspecified atom stereocenters. The highest BCUT2D eigenvalue weighted by atomic mass is 28.3. The maximum Gasteiger partial charge on any atom is 0.357 e. The largest absolute Gasteiger partial charge is 0.464 e. The van der Waals surface area contributed by atoms with E-state index in [4.69, 9.17) is 9.47 Å². The molecule has 2 aromatic heterocycles. The summed E-state index contributed by atoms with van der Waals surface area (Å²) in [6.07, 6.45) is 6.41. The number of methoxy groups -OCH3 is 1. The molecular formula is C17H25N3O4Si. The fourth-order valence-electron chi connectivity index (χ4n) is 2.22. The molecule has 0 bridgehead atoms. The van der Waals surface area contributed by atoms with Gasteiger partial charge < -0.3 is 14.5 Å².